The number of nitrogens with zero attached hydrogens (tertiary/aromatic N) is 2. The lowest BCUT2D eigenvalue weighted by Crippen LogP contribution is -2.19. The first-order valence-electron chi connectivity index (χ1n) is 9.91. The van der Waals surface area contributed by atoms with Crippen LogP contribution < -0.4 is 10.2 Å². The summed E-state index contributed by atoms with van der Waals surface area (Å²) in [6.45, 7) is 2.37. The summed E-state index contributed by atoms with van der Waals surface area (Å²) in [6.07, 6.45) is 1.57. The van der Waals surface area contributed by atoms with Crippen LogP contribution >= 0.6 is 11.8 Å². The molecule has 3 rings (SSSR count). The van der Waals surface area contributed by atoms with E-state index in [1.165, 1.54) is 23.3 Å². The van der Waals surface area contributed by atoms with Crippen LogP contribution in [0.5, 0.6) is 5.75 Å². The fraction of sp³-hybridized carbons (Fsp3) is 0.167. The average molecular weight is 450 g/mol. The predicted octanol–water partition coefficient (Wildman–Crippen LogP) is 4.87. The fourth-order valence-electron chi connectivity index (χ4n) is 2.77. The number of hydrazone groups is 1. The Morgan fingerprint density at radius 2 is 1.81 bits per heavy atom. The molecule has 0 aliphatic carbocycles. The Bertz CT molecular complexity index is 1080. The van der Waals surface area contributed by atoms with Gasteiger partial charge in [-0.15, -0.1) is 11.8 Å². The second-order valence-corrected chi connectivity index (χ2v) is 7.98. The molecule has 0 saturated heterocycles. The number of nitrogens with one attached hydrogen (secondary N) is 1. The van der Waals surface area contributed by atoms with Gasteiger partial charge in [-0.25, -0.2) is 5.43 Å². The zero-order chi connectivity index (χ0) is 22.8. The van der Waals surface area contributed by atoms with Crippen LogP contribution in [0.1, 0.15) is 22.3 Å². The molecule has 0 radical (unpaired) electrons. The first kappa shape index (κ1) is 23.0. The number of rotatable bonds is 10. The molecule has 0 aliphatic heterocycles. The van der Waals surface area contributed by atoms with Crippen LogP contribution in [0.2, 0.25) is 0 Å². The van der Waals surface area contributed by atoms with Gasteiger partial charge in [0, 0.05) is 17.9 Å². The lowest BCUT2D eigenvalue weighted by molar-refractivity contribution is -0.384. The molecule has 32 heavy (non-hydrogen) atoms. The molecule has 0 heterocycles. The van der Waals surface area contributed by atoms with E-state index in [4.69, 9.17) is 4.74 Å². The van der Waals surface area contributed by atoms with Crippen LogP contribution in [0.3, 0.4) is 0 Å². The fourth-order valence-corrected chi connectivity index (χ4v) is 3.66. The number of thioether (sulfide) groups is 1. The van der Waals surface area contributed by atoms with Crippen LogP contribution in [0.25, 0.3) is 0 Å². The zero-order valence-corrected chi connectivity index (χ0v) is 18.4. The number of hydrogen-bond donors (Lipinski definition) is 1. The van der Waals surface area contributed by atoms with Crippen molar-refractivity contribution in [3.05, 3.63) is 105 Å². The maximum atomic E-state index is 11.9. The highest BCUT2D eigenvalue weighted by molar-refractivity contribution is 7.99. The molecule has 0 unspecified atom stereocenters. The molecule has 0 fully saturated rings. The van der Waals surface area contributed by atoms with E-state index in [1.54, 1.807) is 42.2 Å². The maximum absolute atomic E-state index is 11.9. The summed E-state index contributed by atoms with van der Waals surface area (Å²) in [7, 11) is 0. The van der Waals surface area contributed by atoms with Gasteiger partial charge in [0.15, 0.2) is 0 Å². The Balaban J connectivity index is 1.39. The van der Waals surface area contributed by atoms with Gasteiger partial charge in [-0.3, -0.25) is 14.9 Å². The van der Waals surface area contributed by atoms with Crippen LogP contribution in [0.4, 0.5) is 5.69 Å². The Hall–Kier alpha value is -3.65. The molecule has 164 valence electrons. The summed E-state index contributed by atoms with van der Waals surface area (Å²) in [5.74, 6) is 1.63. The molecular formula is C24H23N3O4S. The van der Waals surface area contributed by atoms with Crippen molar-refractivity contribution in [1.29, 1.82) is 0 Å². The first-order chi connectivity index (χ1) is 15.5. The number of benzene rings is 3. The monoisotopic (exact) mass is 449 g/mol. The molecule has 0 aliphatic rings. The standard InChI is InChI=1S/C24H23N3O4S/c1-18-4-2-3-5-21(18)16-32-17-24(28)26-25-14-19-8-12-23(13-9-19)31-15-20-6-10-22(11-7-20)27(29)30/h2-14H,15-17H2,1H3,(H,26,28)/b25-14-. The Morgan fingerprint density at radius 1 is 1.09 bits per heavy atom. The van der Waals surface area contributed by atoms with Gasteiger partial charge >= 0.3 is 0 Å². The molecule has 7 nitrogen and oxygen atoms in total. The summed E-state index contributed by atoms with van der Waals surface area (Å²) < 4.78 is 5.69. The van der Waals surface area contributed by atoms with Gasteiger partial charge in [-0.2, -0.15) is 5.10 Å². The molecule has 3 aromatic carbocycles. The lowest BCUT2D eigenvalue weighted by atomic mass is 10.1. The number of carbonyl (C=O) groups is 1. The largest absolute Gasteiger partial charge is 0.489 e. The molecular weight excluding hydrogens is 426 g/mol. The van der Waals surface area contributed by atoms with E-state index in [0.717, 1.165) is 16.9 Å². The number of ether oxygens (including phenoxy) is 1. The van der Waals surface area contributed by atoms with E-state index >= 15 is 0 Å². The number of carbonyl (C=O) groups excluding carboxylic acids is 1. The lowest BCUT2D eigenvalue weighted by Gasteiger charge is -2.06. The van der Waals surface area contributed by atoms with E-state index < -0.39 is 4.92 Å². The van der Waals surface area contributed by atoms with E-state index in [9.17, 15) is 14.9 Å². The Morgan fingerprint density at radius 3 is 2.50 bits per heavy atom. The van der Waals surface area contributed by atoms with Crippen LogP contribution in [-0.2, 0) is 17.2 Å². The van der Waals surface area contributed by atoms with E-state index in [1.807, 2.05) is 24.3 Å². The van der Waals surface area contributed by atoms with E-state index in [0.29, 0.717) is 18.1 Å². The summed E-state index contributed by atoms with van der Waals surface area (Å²) in [4.78, 5) is 22.2. The number of aryl methyl sites for hydroxylation is 1. The quantitative estimate of drug-likeness (QED) is 0.271. The smallest absolute Gasteiger partial charge is 0.269 e. The SMILES string of the molecule is Cc1ccccc1CSCC(=O)N/N=C\c1ccc(OCc2ccc([N+](=O)[O-])cc2)cc1. The van der Waals surface area contributed by atoms with Gasteiger partial charge in [-0.05, 0) is 65.6 Å². The van der Waals surface area contributed by atoms with E-state index in [-0.39, 0.29) is 11.6 Å². The normalized spacial score (nSPS) is 10.8. The highest BCUT2D eigenvalue weighted by Crippen LogP contribution is 2.17. The van der Waals surface area contributed by atoms with Crippen LogP contribution in [0, 0.1) is 17.0 Å². The molecule has 0 aromatic heterocycles. The van der Waals surface area contributed by atoms with Crippen molar-refractivity contribution in [3.8, 4) is 5.75 Å². The van der Waals surface area contributed by atoms with Crippen LogP contribution in [0.15, 0.2) is 77.9 Å². The molecule has 1 N–H and O–H groups in total. The third-order valence-corrected chi connectivity index (χ3v) is 5.57. The third kappa shape index (κ3) is 7.24. The summed E-state index contributed by atoms with van der Waals surface area (Å²) in [5, 5.41) is 14.7. The molecule has 0 spiro atoms. The topological polar surface area (TPSA) is 93.8 Å². The van der Waals surface area contributed by atoms with Gasteiger partial charge in [-0.1, -0.05) is 24.3 Å². The number of nitro groups is 1. The predicted molar refractivity (Wildman–Crippen MR) is 127 cm³/mol. The van der Waals surface area contributed by atoms with Gasteiger partial charge in [0.25, 0.3) is 5.69 Å². The third-order valence-electron chi connectivity index (χ3n) is 4.59. The maximum Gasteiger partial charge on any atom is 0.269 e. The zero-order valence-electron chi connectivity index (χ0n) is 17.6. The average Bonchev–Trinajstić information content (AvgIpc) is 2.80. The number of non-ortho nitro benzene ring substituents is 1. The van der Waals surface area contributed by atoms with Crippen molar-refractivity contribution < 1.29 is 14.5 Å². The number of nitro benzene ring substituents is 1. The number of hydrogen-bond acceptors (Lipinski definition) is 6. The van der Waals surface area contributed by atoms with Crippen molar-refractivity contribution in [2.45, 2.75) is 19.3 Å². The summed E-state index contributed by atoms with van der Waals surface area (Å²) >= 11 is 1.55. The van der Waals surface area contributed by atoms with Crippen molar-refractivity contribution in [1.82, 2.24) is 5.43 Å². The molecule has 1 amide bonds. The Labute approximate surface area is 190 Å². The van der Waals surface area contributed by atoms with Crippen LogP contribution in [-0.4, -0.2) is 22.8 Å². The second kappa shape index (κ2) is 11.7. The van der Waals surface area contributed by atoms with Crippen molar-refractivity contribution >= 4 is 29.6 Å². The van der Waals surface area contributed by atoms with Crippen molar-refractivity contribution in [3.63, 3.8) is 0 Å². The van der Waals surface area contributed by atoms with Crippen molar-refractivity contribution in [2.24, 2.45) is 5.10 Å². The molecule has 0 bridgehead atoms. The summed E-state index contributed by atoms with van der Waals surface area (Å²) in [6, 6.07) is 21.6. The van der Waals surface area contributed by atoms with Gasteiger partial charge in [0.2, 0.25) is 5.91 Å². The first-order valence-corrected chi connectivity index (χ1v) is 11.1. The minimum absolute atomic E-state index is 0.0503. The highest BCUT2D eigenvalue weighted by Gasteiger charge is 2.05. The van der Waals surface area contributed by atoms with Gasteiger partial charge in [0.05, 0.1) is 16.9 Å². The summed E-state index contributed by atoms with van der Waals surface area (Å²) in [5.41, 5.74) is 6.69. The van der Waals surface area contributed by atoms with E-state index in [2.05, 4.69) is 29.6 Å². The second-order valence-electron chi connectivity index (χ2n) is 6.99. The van der Waals surface area contributed by atoms with Crippen molar-refractivity contribution in [2.75, 3.05) is 5.75 Å². The minimum atomic E-state index is -0.433. The highest BCUT2D eigenvalue weighted by atomic mass is 32.2. The molecule has 0 atom stereocenters. The molecule has 0 saturated carbocycles. The van der Waals surface area contributed by atoms with Gasteiger partial charge < -0.3 is 4.74 Å². The van der Waals surface area contributed by atoms with Gasteiger partial charge in [0.1, 0.15) is 12.4 Å². The molecule has 3 aromatic rings. The Kier molecular flexibility index (Phi) is 8.39. The number of amides is 1. The minimum Gasteiger partial charge on any atom is -0.489 e. The molecule has 8 heteroatoms.